The Balaban J connectivity index is 1.80. The Bertz CT molecular complexity index is 266. The fourth-order valence-electron chi connectivity index (χ4n) is 2.13. The van der Waals surface area contributed by atoms with Gasteiger partial charge in [-0.1, -0.05) is 0 Å². The van der Waals surface area contributed by atoms with E-state index in [0.29, 0.717) is 6.61 Å². The molecule has 5 heteroatoms. The van der Waals surface area contributed by atoms with Gasteiger partial charge >= 0.3 is 0 Å². The fraction of sp³-hybridized carbons (Fsp3) is 1.00. The SMILES string of the molecule is CC1(C)OC[C@]2(OC[C@@H](O)[C@@H]3O[C@@H]32)O1. The van der Waals surface area contributed by atoms with Gasteiger partial charge in [-0.15, -0.1) is 0 Å². The molecule has 3 rings (SSSR count). The topological polar surface area (TPSA) is 60.5 Å². The van der Waals surface area contributed by atoms with Crippen molar-refractivity contribution in [3.63, 3.8) is 0 Å². The molecule has 0 aromatic rings. The molecule has 0 aliphatic carbocycles. The zero-order valence-corrected chi connectivity index (χ0v) is 8.23. The highest BCUT2D eigenvalue weighted by Gasteiger charge is 2.67. The minimum Gasteiger partial charge on any atom is -0.388 e. The Hall–Kier alpha value is -0.200. The van der Waals surface area contributed by atoms with E-state index in [9.17, 15) is 5.11 Å². The maximum atomic E-state index is 9.45. The largest absolute Gasteiger partial charge is 0.388 e. The van der Waals surface area contributed by atoms with Crippen molar-refractivity contribution in [3.05, 3.63) is 0 Å². The first kappa shape index (κ1) is 9.06. The highest BCUT2D eigenvalue weighted by Crippen LogP contribution is 2.47. The quantitative estimate of drug-likeness (QED) is 0.543. The Labute approximate surface area is 81.9 Å². The van der Waals surface area contributed by atoms with Crippen molar-refractivity contribution in [2.75, 3.05) is 13.2 Å². The van der Waals surface area contributed by atoms with Crippen LogP contribution < -0.4 is 0 Å². The molecule has 1 N–H and O–H groups in total. The Morgan fingerprint density at radius 2 is 2.07 bits per heavy atom. The predicted molar refractivity (Wildman–Crippen MR) is 44.5 cm³/mol. The number of aliphatic hydroxyl groups is 1. The summed E-state index contributed by atoms with van der Waals surface area (Å²) in [6.45, 7) is 4.30. The van der Waals surface area contributed by atoms with Crippen LogP contribution in [0.2, 0.25) is 0 Å². The van der Waals surface area contributed by atoms with Crippen LogP contribution in [0.3, 0.4) is 0 Å². The zero-order valence-electron chi connectivity index (χ0n) is 8.23. The van der Waals surface area contributed by atoms with Crippen LogP contribution >= 0.6 is 0 Å². The summed E-state index contributed by atoms with van der Waals surface area (Å²) < 4.78 is 22.0. The molecule has 3 fully saturated rings. The van der Waals surface area contributed by atoms with Crippen LogP contribution in [0.25, 0.3) is 0 Å². The first-order valence-corrected chi connectivity index (χ1v) is 4.84. The first-order valence-electron chi connectivity index (χ1n) is 4.84. The van der Waals surface area contributed by atoms with Crippen molar-refractivity contribution in [3.8, 4) is 0 Å². The molecule has 0 saturated carbocycles. The van der Waals surface area contributed by atoms with Gasteiger partial charge in [-0.3, -0.25) is 0 Å². The lowest BCUT2D eigenvalue weighted by molar-refractivity contribution is -0.272. The lowest BCUT2D eigenvalue weighted by atomic mass is 10.0. The van der Waals surface area contributed by atoms with Crippen molar-refractivity contribution in [2.45, 2.75) is 43.7 Å². The summed E-state index contributed by atoms with van der Waals surface area (Å²) in [7, 11) is 0. The molecule has 1 spiro atoms. The molecule has 3 aliphatic rings. The van der Waals surface area contributed by atoms with E-state index in [4.69, 9.17) is 18.9 Å². The van der Waals surface area contributed by atoms with Gasteiger partial charge in [0.15, 0.2) is 5.79 Å². The highest BCUT2D eigenvalue weighted by molar-refractivity contribution is 5.06. The number of ether oxygens (including phenoxy) is 4. The molecule has 3 heterocycles. The van der Waals surface area contributed by atoms with Crippen molar-refractivity contribution in [2.24, 2.45) is 0 Å². The van der Waals surface area contributed by atoms with Crippen LogP contribution in [0.4, 0.5) is 0 Å². The number of hydrogen-bond acceptors (Lipinski definition) is 5. The summed E-state index contributed by atoms with van der Waals surface area (Å²) in [6, 6.07) is 0. The minimum atomic E-state index is -0.784. The molecular weight excluding hydrogens is 188 g/mol. The summed E-state index contributed by atoms with van der Waals surface area (Å²) in [6.07, 6.45) is -0.841. The molecule has 0 amide bonds. The number of epoxide rings is 1. The molecule has 0 aromatic heterocycles. The van der Waals surface area contributed by atoms with E-state index in [1.807, 2.05) is 13.8 Å². The maximum absolute atomic E-state index is 9.45. The maximum Gasteiger partial charge on any atom is 0.224 e. The average Bonchev–Trinajstić information content (AvgIpc) is 2.84. The molecule has 0 unspecified atom stereocenters. The number of aliphatic hydroxyl groups excluding tert-OH is 1. The molecule has 0 aromatic carbocycles. The summed E-state index contributed by atoms with van der Waals surface area (Å²) in [5.74, 6) is -1.41. The molecule has 0 bridgehead atoms. The van der Waals surface area contributed by atoms with Gasteiger partial charge in [0.2, 0.25) is 5.79 Å². The van der Waals surface area contributed by atoms with Crippen molar-refractivity contribution in [1.29, 1.82) is 0 Å². The smallest absolute Gasteiger partial charge is 0.224 e. The highest BCUT2D eigenvalue weighted by atomic mass is 16.9. The Kier molecular flexibility index (Phi) is 1.61. The summed E-state index contributed by atoms with van der Waals surface area (Å²) >= 11 is 0. The van der Waals surface area contributed by atoms with Crippen LogP contribution in [0.15, 0.2) is 0 Å². The minimum absolute atomic E-state index is 0.138. The fourth-order valence-corrected chi connectivity index (χ4v) is 2.13. The van der Waals surface area contributed by atoms with Gasteiger partial charge in [0.05, 0.1) is 6.61 Å². The second-order valence-corrected chi connectivity index (χ2v) is 4.50. The second-order valence-electron chi connectivity index (χ2n) is 4.50. The van der Waals surface area contributed by atoms with E-state index in [0.717, 1.165) is 0 Å². The van der Waals surface area contributed by atoms with E-state index in [1.165, 1.54) is 0 Å². The third-order valence-corrected chi connectivity index (χ3v) is 2.88. The van der Waals surface area contributed by atoms with Crippen LogP contribution in [-0.4, -0.2) is 48.2 Å². The van der Waals surface area contributed by atoms with Crippen molar-refractivity contribution in [1.82, 2.24) is 0 Å². The third-order valence-electron chi connectivity index (χ3n) is 2.88. The third kappa shape index (κ3) is 1.14. The van der Waals surface area contributed by atoms with E-state index < -0.39 is 17.7 Å². The van der Waals surface area contributed by atoms with Crippen LogP contribution in [-0.2, 0) is 18.9 Å². The van der Waals surface area contributed by atoms with E-state index in [-0.39, 0.29) is 18.8 Å². The van der Waals surface area contributed by atoms with Crippen molar-refractivity contribution < 1.29 is 24.1 Å². The molecule has 3 saturated heterocycles. The standard InChI is InChI=1S/C9H14O5/c1-8(2)12-4-9(14-8)7-6(13-7)5(10)3-11-9/h5-7,10H,3-4H2,1-2H3/t5-,6+,7+,9+/m1/s1. The van der Waals surface area contributed by atoms with E-state index in [1.54, 1.807) is 0 Å². The van der Waals surface area contributed by atoms with Crippen LogP contribution in [0.5, 0.6) is 0 Å². The van der Waals surface area contributed by atoms with Gasteiger partial charge in [-0.05, 0) is 13.8 Å². The van der Waals surface area contributed by atoms with Crippen LogP contribution in [0.1, 0.15) is 13.8 Å². The van der Waals surface area contributed by atoms with Crippen molar-refractivity contribution >= 4 is 0 Å². The van der Waals surface area contributed by atoms with E-state index >= 15 is 0 Å². The summed E-state index contributed by atoms with van der Waals surface area (Å²) in [5.41, 5.74) is 0. The Morgan fingerprint density at radius 1 is 1.29 bits per heavy atom. The Morgan fingerprint density at radius 3 is 2.71 bits per heavy atom. The molecule has 0 radical (unpaired) electrons. The monoisotopic (exact) mass is 202 g/mol. The number of hydrogen-bond donors (Lipinski definition) is 1. The lowest BCUT2D eigenvalue weighted by Gasteiger charge is -2.31. The number of fused-ring (bicyclic) bond motifs is 2. The van der Waals surface area contributed by atoms with Gasteiger partial charge in [-0.25, -0.2) is 0 Å². The molecule has 14 heavy (non-hydrogen) atoms. The normalized spacial score (nSPS) is 54.6. The lowest BCUT2D eigenvalue weighted by Crippen LogP contribution is -2.50. The zero-order chi connectivity index (χ0) is 9.97. The van der Waals surface area contributed by atoms with Crippen LogP contribution in [0, 0.1) is 0 Å². The molecule has 3 aliphatic heterocycles. The average molecular weight is 202 g/mol. The number of rotatable bonds is 0. The van der Waals surface area contributed by atoms with Gasteiger partial charge < -0.3 is 24.1 Å². The first-order chi connectivity index (χ1) is 6.53. The van der Waals surface area contributed by atoms with Gasteiger partial charge in [0.25, 0.3) is 0 Å². The molecule has 4 atom stereocenters. The molecule has 5 nitrogen and oxygen atoms in total. The van der Waals surface area contributed by atoms with Gasteiger partial charge in [-0.2, -0.15) is 0 Å². The molecule has 80 valence electrons. The summed E-state index contributed by atoms with van der Waals surface area (Å²) in [5, 5.41) is 9.45. The summed E-state index contributed by atoms with van der Waals surface area (Å²) in [4.78, 5) is 0. The predicted octanol–water partition coefficient (Wildman–Crippen LogP) is -0.376. The second kappa shape index (κ2) is 2.48. The van der Waals surface area contributed by atoms with Gasteiger partial charge in [0.1, 0.15) is 24.9 Å². The molecular formula is C9H14O5. The van der Waals surface area contributed by atoms with Gasteiger partial charge in [0, 0.05) is 0 Å². The van der Waals surface area contributed by atoms with E-state index in [2.05, 4.69) is 0 Å².